The molecular formula is C16H22N2O. The number of nitrogens with one attached hydrogen (secondary N) is 1. The predicted octanol–water partition coefficient (Wildman–Crippen LogP) is 2.52. The number of hydrogen-bond donors (Lipinski definition) is 1. The summed E-state index contributed by atoms with van der Waals surface area (Å²) in [6.07, 6.45) is 0.843. The number of likely N-dealkylation sites (N-methyl/N-ethyl adjacent to an activating group) is 1. The third-order valence-corrected chi connectivity index (χ3v) is 3.65. The van der Waals surface area contributed by atoms with Crippen LogP contribution in [0.1, 0.15) is 31.9 Å². The van der Waals surface area contributed by atoms with Gasteiger partial charge in [0.05, 0.1) is 0 Å². The SMILES string of the molecule is CC(=O)C1=C(NC(C)c2ccccc2)CN(C)CC1. The van der Waals surface area contributed by atoms with Crippen molar-refractivity contribution >= 4 is 5.78 Å². The zero-order valence-corrected chi connectivity index (χ0v) is 11.9. The van der Waals surface area contributed by atoms with Crippen LogP contribution in [0.2, 0.25) is 0 Å². The molecule has 0 fully saturated rings. The minimum absolute atomic E-state index is 0.191. The number of Topliss-reactive ketones (excluding diaryl/α,β-unsaturated/α-hetero) is 1. The summed E-state index contributed by atoms with van der Waals surface area (Å²) < 4.78 is 0. The number of benzene rings is 1. The quantitative estimate of drug-likeness (QED) is 0.900. The molecule has 19 heavy (non-hydrogen) atoms. The molecule has 0 saturated heterocycles. The maximum Gasteiger partial charge on any atom is 0.157 e. The summed E-state index contributed by atoms with van der Waals surface area (Å²) in [5.41, 5.74) is 3.28. The van der Waals surface area contributed by atoms with Crippen molar-refractivity contribution in [3.8, 4) is 0 Å². The molecule has 0 bridgehead atoms. The van der Waals surface area contributed by atoms with Gasteiger partial charge in [-0.15, -0.1) is 0 Å². The van der Waals surface area contributed by atoms with Crippen molar-refractivity contribution in [3.63, 3.8) is 0 Å². The number of rotatable bonds is 4. The van der Waals surface area contributed by atoms with E-state index in [1.165, 1.54) is 5.56 Å². The first-order valence-corrected chi connectivity index (χ1v) is 6.81. The minimum atomic E-state index is 0.191. The molecule has 0 spiro atoms. The lowest BCUT2D eigenvalue weighted by Gasteiger charge is -2.29. The fourth-order valence-electron chi connectivity index (χ4n) is 2.51. The summed E-state index contributed by atoms with van der Waals surface area (Å²) in [7, 11) is 2.09. The molecule has 1 N–H and O–H groups in total. The summed E-state index contributed by atoms with van der Waals surface area (Å²) in [5.74, 6) is 0.191. The van der Waals surface area contributed by atoms with Crippen molar-refractivity contribution in [2.24, 2.45) is 0 Å². The third-order valence-electron chi connectivity index (χ3n) is 3.65. The highest BCUT2D eigenvalue weighted by Crippen LogP contribution is 2.20. The highest BCUT2D eigenvalue weighted by atomic mass is 16.1. The second-order valence-electron chi connectivity index (χ2n) is 5.28. The molecule has 1 atom stereocenters. The maximum atomic E-state index is 11.7. The molecule has 0 amide bonds. The first-order valence-electron chi connectivity index (χ1n) is 6.81. The zero-order chi connectivity index (χ0) is 13.8. The van der Waals surface area contributed by atoms with Gasteiger partial charge in [0.25, 0.3) is 0 Å². The van der Waals surface area contributed by atoms with Gasteiger partial charge in [-0.2, -0.15) is 0 Å². The average Bonchev–Trinajstić information content (AvgIpc) is 2.39. The van der Waals surface area contributed by atoms with Crippen molar-refractivity contribution in [1.29, 1.82) is 0 Å². The van der Waals surface area contributed by atoms with Crippen molar-refractivity contribution in [1.82, 2.24) is 10.2 Å². The van der Waals surface area contributed by atoms with Gasteiger partial charge in [-0.25, -0.2) is 0 Å². The number of carbonyl (C=O) groups is 1. The van der Waals surface area contributed by atoms with Gasteiger partial charge in [0.2, 0.25) is 0 Å². The molecule has 0 aliphatic carbocycles. The van der Waals surface area contributed by atoms with Gasteiger partial charge in [-0.05, 0) is 32.9 Å². The maximum absolute atomic E-state index is 11.7. The largest absolute Gasteiger partial charge is 0.380 e. The molecular weight excluding hydrogens is 236 g/mol. The monoisotopic (exact) mass is 258 g/mol. The second kappa shape index (κ2) is 6.02. The Balaban J connectivity index is 2.17. The van der Waals surface area contributed by atoms with Crippen molar-refractivity contribution < 1.29 is 4.79 Å². The summed E-state index contributed by atoms with van der Waals surface area (Å²) in [5, 5.41) is 3.51. The Labute approximate surface area is 115 Å². The van der Waals surface area contributed by atoms with Crippen LogP contribution in [0.5, 0.6) is 0 Å². The molecule has 0 aromatic heterocycles. The molecule has 1 aliphatic rings. The number of nitrogens with zero attached hydrogens (tertiary/aromatic N) is 1. The standard InChI is InChI=1S/C16H22N2O/c1-12(14-7-5-4-6-8-14)17-16-11-18(3)10-9-15(16)13(2)19/h4-8,12,17H,9-11H2,1-3H3. The Kier molecular flexibility index (Phi) is 4.38. The summed E-state index contributed by atoms with van der Waals surface area (Å²) in [6, 6.07) is 10.5. The molecule has 3 heteroatoms. The van der Waals surface area contributed by atoms with E-state index in [1.807, 2.05) is 18.2 Å². The fraction of sp³-hybridized carbons (Fsp3) is 0.438. The van der Waals surface area contributed by atoms with Gasteiger partial charge < -0.3 is 10.2 Å². The molecule has 102 valence electrons. The third kappa shape index (κ3) is 3.44. The average molecular weight is 258 g/mol. The molecule has 1 aromatic rings. The van der Waals surface area contributed by atoms with Gasteiger partial charge in [0, 0.05) is 30.4 Å². The lowest BCUT2D eigenvalue weighted by Crippen LogP contribution is -2.36. The lowest BCUT2D eigenvalue weighted by molar-refractivity contribution is -0.114. The lowest BCUT2D eigenvalue weighted by atomic mass is 10.0. The summed E-state index contributed by atoms with van der Waals surface area (Å²) in [4.78, 5) is 14.0. The van der Waals surface area contributed by atoms with E-state index in [9.17, 15) is 4.79 Å². The van der Waals surface area contributed by atoms with Crippen LogP contribution in [0, 0.1) is 0 Å². The van der Waals surface area contributed by atoms with Crippen molar-refractivity contribution in [3.05, 3.63) is 47.2 Å². The molecule has 1 aromatic carbocycles. The zero-order valence-electron chi connectivity index (χ0n) is 11.9. The Morgan fingerprint density at radius 2 is 2.00 bits per heavy atom. The van der Waals surface area contributed by atoms with Crippen molar-refractivity contribution in [2.75, 3.05) is 20.1 Å². The van der Waals surface area contributed by atoms with Crippen LogP contribution in [0.3, 0.4) is 0 Å². The van der Waals surface area contributed by atoms with Crippen LogP contribution in [-0.2, 0) is 4.79 Å². The molecule has 0 saturated carbocycles. The molecule has 3 nitrogen and oxygen atoms in total. The van der Waals surface area contributed by atoms with Crippen molar-refractivity contribution in [2.45, 2.75) is 26.3 Å². The van der Waals surface area contributed by atoms with Gasteiger partial charge in [-0.1, -0.05) is 30.3 Å². The van der Waals surface area contributed by atoms with E-state index in [2.05, 4.69) is 36.3 Å². The Hall–Kier alpha value is -1.61. The minimum Gasteiger partial charge on any atom is -0.380 e. The van der Waals surface area contributed by atoms with E-state index in [1.54, 1.807) is 6.92 Å². The predicted molar refractivity (Wildman–Crippen MR) is 77.8 cm³/mol. The van der Waals surface area contributed by atoms with Gasteiger partial charge in [-0.3, -0.25) is 4.79 Å². The smallest absolute Gasteiger partial charge is 0.157 e. The van der Waals surface area contributed by atoms with E-state index in [0.29, 0.717) is 0 Å². The molecule has 2 rings (SSSR count). The molecule has 1 heterocycles. The van der Waals surface area contributed by atoms with E-state index >= 15 is 0 Å². The summed E-state index contributed by atoms with van der Waals surface area (Å²) >= 11 is 0. The van der Waals surface area contributed by atoms with E-state index in [0.717, 1.165) is 30.8 Å². The molecule has 1 aliphatic heterocycles. The number of hydrogen-bond acceptors (Lipinski definition) is 3. The Bertz CT molecular complexity index is 479. The summed E-state index contributed by atoms with van der Waals surface area (Å²) in [6.45, 7) is 5.58. The first-order chi connectivity index (χ1) is 9.08. The number of carbonyl (C=O) groups excluding carboxylic acids is 1. The Morgan fingerprint density at radius 3 is 2.63 bits per heavy atom. The van der Waals surface area contributed by atoms with Gasteiger partial charge >= 0.3 is 0 Å². The normalized spacial score (nSPS) is 18.3. The number of ketones is 1. The first kappa shape index (κ1) is 13.8. The van der Waals surface area contributed by atoms with E-state index in [-0.39, 0.29) is 11.8 Å². The topological polar surface area (TPSA) is 32.3 Å². The second-order valence-corrected chi connectivity index (χ2v) is 5.28. The molecule has 1 unspecified atom stereocenters. The van der Waals surface area contributed by atoms with Crippen LogP contribution < -0.4 is 5.32 Å². The van der Waals surface area contributed by atoms with Crippen LogP contribution >= 0.6 is 0 Å². The van der Waals surface area contributed by atoms with Crippen LogP contribution in [0.25, 0.3) is 0 Å². The van der Waals surface area contributed by atoms with Gasteiger partial charge in [0.15, 0.2) is 5.78 Å². The molecule has 0 radical (unpaired) electrons. The van der Waals surface area contributed by atoms with E-state index in [4.69, 9.17) is 0 Å². The van der Waals surface area contributed by atoms with Crippen LogP contribution in [0.4, 0.5) is 0 Å². The van der Waals surface area contributed by atoms with Crippen LogP contribution in [0.15, 0.2) is 41.6 Å². The highest BCUT2D eigenvalue weighted by molar-refractivity contribution is 5.94. The fourth-order valence-corrected chi connectivity index (χ4v) is 2.51. The van der Waals surface area contributed by atoms with E-state index < -0.39 is 0 Å². The Morgan fingerprint density at radius 1 is 1.32 bits per heavy atom. The van der Waals surface area contributed by atoms with Crippen LogP contribution in [-0.4, -0.2) is 30.8 Å². The highest BCUT2D eigenvalue weighted by Gasteiger charge is 2.20. The van der Waals surface area contributed by atoms with Gasteiger partial charge in [0.1, 0.15) is 0 Å².